The molecule has 142 valence electrons. The highest BCUT2D eigenvalue weighted by Gasteiger charge is 2.14. The highest BCUT2D eigenvalue weighted by atomic mass is 16.1. The van der Waals surface area contributed by atoms with Crippen LogP contribution in [-0.2, 0) is 7.05 Å². The van der Waals surface area contributed by atoms with Gasteiger partial charge in [-0.1, -0.05) is 36.4 Å². The first-order chi connectivity index (χ1) is 14.0. The molecule has 0 saturated carbocycles. The molecule has 29 heavy (non-hydrogen) atoms. The molecule has 0 aliphatic carbocycles. The highest BCUT2D eigenvalue weighted by molar-refractivity contribution is 5.86. The predicted octanol–water partition coefficient (Wildman–Crippen LogP) is 3.81. The summed E-state index contributed by atoms with van der Waals surface area (Å²) in [5, 5.41) is 5.42. The monoisotopic (exact) mass is 381 g/mol. The number of nitrogens with zero attached hydrogens (tertiary/aromatic N) is 4. The van der Waals surface area contributed by atoms with Gasteiger partial charge in [0.15, 0.2) is 0 Å². The summed E-state index contributed by atoms with van der Waals surface area (Å²) in [5.74, 6) is 0.519. The van der Waals surface area contributed by atoms with Gasteiger partial charge in [-0.3, -0.25) is 9.36 Å². The Balaban J connectivity index is 1.80. The van der Waals surface area contributed by atoms with Crippen LogP contribution in [0.15, 0.2) is 71.7 Å². The van der Waals surface area contributed by atoms with Gasteiger partial charge in [-0.25, -0.2) is 9.50 Å². The van der Waals surface area contributed by atoms with E-state index in [1.165, 1.54) is 0 Å². The molecule has 0 radical (unpaired) electrons. The van der Waals surface area contributed by atoms with Crippen LogP contribution in [0.2, 0.25) is 0 Å². The third kappa shape index (κ3) is 2.69. The molecule has 0 aliphatic heterocycles. The Bertz CT molecular complexity index is 1450. The highest BCUT2D eigenvalue weighted by Crippen LogP contribution is 2.26. The summed E-state index contributed by atoms with van der Waals surface area (Å²) in [6.45, 7) is 1.93. The summed E-state index contributed by atoms with van der Waals surface area (Å²) in [6, 6.07) is 19.7. The van der Waals surface area contributed by atoms with Gasteiger partial charge in [0.2, 0.25) is 0 Å². The standard InChI is InChI=1S/C23H19N5O/c1-14-10-17(13-25-22(14)24)16-8-9-18-20(11-16)28-21(27(2)23(18)29)12-19(26-28)15-6-4-3-5-7-15/h3-13H,1-2H3,(H2,24,25). The fourth-order valence-corrected chi connectivity index (χ4v) is 3.63. The molecule has 6 nitrogen and oxygen atoms in total. The van der Waals surface area contributed by atoms with Crippen LogP contribution in [0.4, 0.5) is 5.82 Å². The van der Waals surface area contributed by atoms with Gasteiger partial charge < -0.3 is 5.73 Å². The van der Waals surface area contributed by atoms with Crippen molar-refractivity contribution in [3.8, 4) is 22.4 Å². The largest absolute Gasteiger partial charge is 0.383 e. The van der Waals surface area contributed by atoms with E-state index >= 15 is 0 Å². The van der Waals surface area contributed by atoms with Crippen molar-refractivity contribution >= 4 is 22.4 Å². The minimum atomic E-state index is -0.0508. The van der Waals surface area contributed by atoms with Gasteiger partial charge in [0.25, 0.3) is 5.56 Å². The topological polar surface area (TPSA) is 78.2 Å². The van der Waals surface area contributed by atoms with Crippen LogP contribution in [0, 0.1) is 6.92 Å². The number of fused-ring (bicyclic) bond motifs is 3. The van der Waals surface area contributed by atoms with E-state index < -0.39 is 0 Å². The zero-order chi connectivity index (χ0) is 20.1. The van der Waals surface area contributed by atoms with E-state index in [0.29, 0.717) is 11.2 Å². The lowest BCUT2D eigenvalue weighted by molar-refractivity contribution is 0.850. The lowest BCUT2D eigenvalue weighted by atomic mass is 10.0. The molecule has 2 aromatic carbocycles. The Kier molecular flexibility index (Phi) is 3.74. The summed E-state index contributed by atoms with van der Waals surface area (Å²) in [5.41, 5.74) is 12.0. The second kappa shape index (κ2) is 6.31. The molecule has 0 atom stereocenters. The van der Waals surface area contributed by atoms with Gasteiger partial charge in [-0.15, -0.1) is 0 Å². The van der Waals surface area contributed by atoms with Crippen molar-refractivity contribution in [2.45, 2.75) is 6.92 Å². The molecule has 5 rings (SSSR count). The summed E-state index contributed by atoms with van der Waals surface area (Å²) in [7, 11) is 1.77. The van der Waals surface area contributed by atoms with Crippen molar-refractivity contribution in [1.29, 1.82) is 0 Å². The average Bonchev–Trinajstić information content (AvgIpc) is 3.20. The molecule has 6 heteroatoms. The quantitative estimate of drug-likeness (QED) is 0.504. The van der Waals surface area contributed by atoms with E-state index in [9.17, 15) is 4.79 Å². The predicted molar refractivity (Wildman–Crippen MR) is 116 cm³/mol. The SMILES string of the molecule is Cc1cc(-c2ccc3c(=O)n(C)c4cc(-c5ccccc5)nn4c3c2)cnc1N. The van der Waals surface area contributed by atoms with Gasteiger partial charge in [-0.2, -0.15) is 5.10 Å². The molecule has 0 aliphatic rings. The molecule has 3 aromatic heterocycles. The van der Waals surface area contributed by atoms with Crippen molar-refractivity contribution in [3.05, 3.63) is 82.8 Å². The van der Waals surface area contributed by atoms with E-state index in [4.69, 9.17) is 10.8 Å². The Morgan fingerprint density at radius 2 is 1.72 bits per heavy atom. The van der Waals surface area contributed by atoms with Crippen LogP contribution in [0.5, 0.6) is 0 Å². The molecular formula is C23H19N5O. The Morgan fingerprint density at radius 3 is 2.48 bits per heavy atom. The molecular weight excluding hydrogens is 362 g/mol. The third-order valence-electron chi connectivity index (χ3n) is 5.32. The summed E-state index contributed by atoms with van der Waals surface area (Å²) in [6.07, 6.45) is 1.75. The molecule has 0 amide bonds. The van der Waals surface area contributed by atoms with E-state index in [1.54, 1.807) is 17.8 Å². The van der Waals surface area contributed by atoms with Crippen LogP contribution in [-0.4, -0.2) is 19.2 Å². The first kappa shape index (κ1) is 17.2. The molecule has 0 unspecified atom stereocenters. The molecule has 0 bridgehead atoms. The lowest BCUT2D eigenvalue weighted by Crippen LogP contribution is -2.19. The number of aromatic nitrogens is 4. The van der Waals surface area contributed by atoms with Crippen molar-refractivity contribution in [2.24, 2.45) is 7.05 Å². The first-order valence-electron chi connectivity index (χ1n) is 9.33. The molecule has 0 saturated heterocycles. The minimum Gasteiger partial charge on any atom is -0.383 e. The number of rotatable bonds is 2. The zero-order valence-corrected chi connectivity index (χ0v) is 16.1. The molecule has 2 N–H and O–H groups in total. The second-order valence-electron chi connectivity index (χ2n) is 7.19. The van der Waals surface area contributed by atoms with Crippen molar-refractivity contribution in [1.82, 2.24) is 19.2 Å². The van der Waals surface area contributed by atoms with Gasteiger partial charge in [0, 0.05) is 30.4 Å². The number of benzene rings is 2. The minimum absolute atomic E-state index is 0.0508. The van der Waals surface area contributed by atoms with E-state index in [-0.39, 0.29) is 5.56 Å². The van der Waals surface area contributed by atoms with Crippen molar-refractivity contribution in [3.63, 3.8) is 0 Å². The molecule has 0 fully saturated rings. The van der Waals surface area contributed by atoms with Crippen LogP contribution in [0.1, 0.15) is 5.56 Å². The zero-order valence-electron chi connectivity index (χ0n) is 16.1. The van der Waals surface area contributed by atoms with E-state index in [1.807, 2.05) is 72.1 Å². The Hall–Kier alpha value is -3.93. The third-order valence-corrected chi connectivity index (χ3v) is 5.32. The summed E-state index contributed by atoms with van der Waals surface area (Å²) < 4.78 is 3.47. The number of hydrogen-bond donors (Lipinski definition) is 1. The van der Waals surface area contributed by atoms with E-state index in [2.05, 4.69) is 4.98 Å². The van der Waals surface area contributed by atoms with Crippen molar-refractivity contribution < 1.29 is 0 Å². The molecule has 3 heterocycles. The fraction of sp³-hybridized carbons (Fsp3) is 0.0870. The Labute approximate surface area is 166 Å². The van der Waals surface area contributed by atoms with Gasteiger partial charge >= 0.3 is 0 Å². The number of nitrogens with two attached hydrogens (primary N) is 1. The van der Waals surface area contributed by atoms with Crippen LogP contribution < -0.4 is 11.3 Å². The maximum atomic E-state index is 12.9. The van der Waals surface area contributed by atoms with Crippen LogP contribution in [0.25, 0.3) is 38.9 Å². The maximum Gasteiger partial charge on any atom is 0.261 e. The number of aryl methyl sites for hydroxylation is 2. The summed E-state index contributed by atoms with van der Waals surface area (Å²) in [4.78, 5) is 17.2. The number of hydrogen-bond acceptors (Lipinski definition) is 4. The van der Waals surface area contributed by atoms with E-state index in [0.717, 1.165) is 39.1 Å². The second-order valence-corrected chi connectivity index (χ2v) is 7.19. The van der Waals surface area contributed by atoms with Crippen LogP contribution >= 0.6 is 0 Å². The maximum absolute atomic E-state index is 12.9. The normalized spacial score (nSPS) is 11.4. The van der Waals surface area contributed by atoms with Gasteiger partial charge in [0.1, 0.15) is 11.5 Å². The van der Waals surface area contributed by atoms with Gasteiger partial charge in [-0.05, 0) is 36.2 Å². The van der Waals surface area contributed by atoms with Crippen molar-refractivity contribution in [2.75, 3.05) is 5.73 Å². The molecule has 5 aromatic rings. The number of nitrogen functional groups attached to an aromatic ring is 1. The number of anilines is 1. The fourth-order valence-electron chi connectivity index (χ4n) is 3.63. The average molecular weight is 381 g/mol. The van der Waals surface area contributed by atoms with Gasteiger partial charge in [0.05, 0.1) is 16.6 Å². The molecule has 0 spiro atoms. The smallest absolute Gasteiger partial charge is 0.261 e. The first-order valence-corrected chi connectivity index (χ1v) is 9.33. The summed E-state index contributed by atoms with van der Waals surface area (Å²) >= 11 is 0. The Morgan fingerprint density at radius 1 is 0.931 bits per heavy atom. The number of pyridine rings is 1. The lowest BCUT2D eigenvalue weighted by Gasteiger charge is -2.09. The van der Waals surface area contributed by atoms with Crippen LogP contribution in [0.3, 0.4) is 0 Å².